The molecule has 0 aromatic heterocycles. The Morgan fingerprint density at radius 3 is 1.29 bits per heavy atom. The minimum Gasteiger partial charge on any atom is -0.542 e. The largest absolute Gasteiger partial charge is 4.00 e. The molecule has 21 heavy (non-hydrogen) atoms. The number of rotatable bonds is 4. The smallest absolute Gasteiger partial charge is 0.542 e. The predicted molar refractivity (Wildman–Crippen MR) is 84.3 cm³/mol. The third-order valence-corrected chi connectivity index (χ3v) is 1.88. The number of allylic oxidation sites excluding steroid dienone is 8. The van der Waals surface area contributed by atoms with Crippen molar-refractivity contribution in [2.45, 2.75) is 52.4 Å². The molecule has 3 heteroatoms. The van der Waals surface area contributed by atoms with Crippen LogP contribution in [0.4, 0.5) is 0 Å². The molecule has 0 bridgehead atoms. The van der Waals surface area contributed by atoms with Crippen molar-refractivity contribution in [1.29, 1.82) is 0 Å². The van der Waals surface area contributed by atoms with E-state index >= 15 is 0 Å². The minimum absolute atomic E-state index is 0. The Labute approximate surface area is 140 Å². The van der Waals surface area contributed by atoms with Gasteiger partial charge in [0.05, 0.1) is 0 Å². The van der Waals surface area contributed by atoms with Crippen molar-refractivity contribution >= 4 is 12.6 Å². The van der Waals surface area contributed by atoms with Gasteiger partial charge < -0.3 is 9.59 Å². The van der Waals surface area contributed by atoms with E-state index in [1.54, 1.807) is 12.6 Å². The van der Waals surface area contributed by atoms with Gasteiger partial charge in [0, 0.05) is 0 Å². The molecule has 0 saturated carbocycles. The molecule has 0 N–H and O–H groups in total. The summed E-state index contributed by atoms with van der Waals surface area (Å²) >= 11 is 0. The maximum Gasteiger partial charge on any atom is 4.00 e. The Morgan fingerprint density at radius 2 is 1.24 bits per heavy atom. The van der Waals surface area contributed by atoms with Gasteiger partial charge in [0.25, 0.3) is 0 Å². The van der Waals surface area contributed by atoms with E-state index in [0.717, 1.165) is 25.7 Å². The van der Waals surface area contributed by atoms with E-state index in [2.05, 4.69) is 24.3 Å². The summed E-state index contributed by atoms with van der Waals surface area (Å²) in [6.07, 6.45) is 26.5. The molecule has 0 aliphatic heterocycles. The molecule has 0 saturated heterocycles. The second kappa shape index (κ2) is 27.2. The summed E-state index contributed by atoms with van der Waals surface area (Å²) in [7, 11) is 0. The topological polar surface area (TPSA) is 34.1 Å². The second-order valence-corrected chi connectivity index (χ2v) is 3.79. The van der Waals surface area contributed by atoms with Crippen LogP contribution in [0, 0.1) is 12.2 Å². The molecule has 2 nitrogen and oxygen atoms in total. The van der Waals surface area contributed by atoms with Crippen LogP contribution >= 0.6 is 0 Å². The third kappa shape index (κ3) is 32.4. The van der Waals surface area contributed by atoms with Gasteiger partial charge in [0.1, 0.15) is 0 Å². The third-order valence-electron chi connectivity index (χ3n) is 1.88. The Hall–Kier alpha value is -1.18. The fourth-order valence-corrected chi connectivity index (χ4v) is 0.885. The average molecular weight is 328 g/mol. The van der Waals surface area contributed by atoms with E-state index in [1.165, 1.54) is 0 Å². The first kappa shape index (κ1) is 24.8. The summed E-state index contributed by atoms with van der Waals surface area (Å²) in [5.74, 6) is 0. The summed E-state index contributed by atoms with van der Waals surface area (Å²) in [5.41, 5.74) is 0. The molecule has 116 valence electrons. The predicted octanol–water partition coefficient (Wildman–Crippen LogP) is 4.40. The second-order valence-electron chi connectivity index (χ2n) is 3.79. The van der Waals surface area contributed by atoms with E-state index in [9.17, 15) is 9.59 Å². The zero-order valence-electron chi connectivity index (χ0n) is 12.9. The number of carbonyl (C=O) groups excluding carboxylic acids is 2. The molecule has 0 unspecified atom stereocenters. The fourth-order valence-electron chi connectivity index (χ4n) is 0.885. The van der Waals surface area contributed by atoms with Gasteiger partial charge in [-0.05, 0) is 0 Å². The van der Waals surface area contributed by atoms with Gasteiger partial charge in [0.15, 0.2) is 0 Å². The van der Waals surface area contributed by atoms with E-state index in [4.69, 9.17) is 0 Å². The van der Waals surface area contributed by atoms with E-state index in [0.29, 0.717) is 12.8 Å². The first-order valence-electron chi connectivity index (χ1n) is 6.96. The van der Waals surface area contributed by atoms with Crippen molar-refractivity contribution in [2.24, 2.45) is 0 Å². The molecule has 0 atom stereocenters. The molecule has 2 aliphatic carbocycles. The van der Waals surface area contributed by atoms with Crippen LogP contribution < -0.4 is 0 Å². The summed E-state index contributed by atoms with van der Waals surface area (Å²) < 4.78 is 0. The fraction of sp³-hybridized carbons (Fsp3) is 0.444. The van der Waals surface area contributed by atoms with Crippen LogP contribution in [0.5, 0.6) is 0 Å². The van der Waals surface area contributed by atoms with Gasteiger partial charge in [-0.15, -0.1) is 12.8 Å². The van der Waals surface area contributed by atoms with Crippen LogP contribution in [-0.4, -0.2) is 12.6 Å². The molecule has 0 spiro atoms. The van der Waals surface area contributed by atoms with Gasteiger partial charge in [-0.1, -0.05) is 26.7 Å². The van der Waals surface area contributed by atoms with Gasteiger partial charge in [-0.25, -0.2) is 24.3 Å². The van der Waals surface area contributed by atoms with E-state index in [-0.39, 0.29) is 17.1 Å². The van der Waals surface area contributed by atoms with E-state index < -0.39 is 0 Å². The Bertz CT molecular complexity index is 263. The minimum atomic E-state index is 0. The molecule has 0 amide bonds. The van der Waals surface area contributed by atoms with Crippen LogP contribution in [0.1, 0.15) is 52.4 Å². The number of hydrogen-bond donors (Lipinski definition) is 0. The van der Waals surface area contributed by atoms with Crippen molar-refractivity contribution in [3.63, 3.8) is 0 Å². The Morgan fingerprint density at radius 1 is 0.857 bits per heavy atom. The standard InChI is InChI=1S/2C5H5.2C4H7O.Fe/c2*1-2-4-5-3-1;2*1-2-3-4-5;/h2*1-3H,4H2;2*2-3H2,1H3;/q4*-1;+4. The van der Waals surface area contributed by atoms with Crippen LogP contribution in [0.2, 0.25) is 0 Å². The monoisotopic (exact) mass is 328 g/mol. The maximum atomic E-state index is 9.28. The summed E-state index contributed by atoms with van der Waals surface area (Å²) in [6, 6.07) is 0. The molecule has 0 fully saturated rings. The van der Waals surface area contributed by atoms with Crippen LogP contribution in [0.3, 0.4) is 0 Å². The zero-order chi connectivity index (χ0) is 15.3. The van der Waals surface area contributed by atoms with Crippen molar-refractivity contribution in [3.05, 3.63) is 48.6 Å². The quantitative estimate of drug-likeness (QED) is 0.566. The Kier molecular flexibility index (Phi) is 32.2. The first-order chi connectivity index (χ1) is 9.83. The van der Waals surface area contributed by atoms with Crippen LogP contribution in [0.15, 0.2) is 36.5 Å². The summed E-state index contributed by atoms with van der Waals surface area (Å²) in [6.45, 7) is 3.90. The average Bonchev–Trinajstić information content (AvgIpc) is 3.20. The van der Waals surface area contributed by atoms with Crippen molar-refractivity contribution in [3.8, 4) is 0 Å². The number of unbranched alkanes of at least 4 members (excludes halogenated alkanes) is 2. The van der Waals surface area contributed by atoms with Gasteiger partial charge in [0.2, 0.25) is 0 Å². The van der Waals surface area contributed by atoms with Gasteiger partial charge >= 0.3 is 17.1 Å². The maximum absolute atomic E-state index is 9.28. The van der Waals surface area contributed by atoms with Crippen molar-refractivity contribution < 1.29 is 26.7 Å². The molecule has 2 rings (SSSR count). The van der Waals surface area contributed by atoms with Crippen molar-refractivity contribution in [1.82, 2.24) is 0 Å². The molecule has 0 radical (unpaired) electrons. The molecular formula is C18H24FeO2. The van der Waals surface area contributed by atoms with Crippen molar-refractivity contribution in [2.75, 3.05) is 0 Å². The molecule has 0 aromatic rings. The molecule has 2 aliphatic rings. The van der Waals surface area contributed by atoms with Gasteiger partial charge in [-0.2, -0.15) is 25.0 Å². The molecule has 0 heterocycles. The van der Waals surface area contributed by atoms with Crippen LogP contribution in [-0.2, 0) is 26.7 Å². The number of hydrogen-bond acceptors (Lipinski definition) is 2. The normalized spacial score (nSPS) is 11.9. The zero-order valence-corrected chi connectivity index (χ0v) is 14.0. The summed E-state index contributed by atoms with van der Waals surface area (Å²) in [5, 5.41) is 0. The SMILES string of the molecule is CCC[C-]=O.CCC[C-]=O.[C-]1=CC=CC1.[C-]1=CC=CC1.[Fe+4]. The van der Waals surface area contributed by atoms with Gasteiger partial charge in [-0.3, -0.25) is 24.7 Å². The van der Waals surface area contributed by atoms with Crippen LogP contribution in [0.25, 0.3) is 0 Å². The summed E-state index contributed by atoms with van der Waals surface area (Å²) in [4.78, 5) is 18.6. The Balaban J connectivity index is -0.000000202. The molecular weight excluding hydrogens is 304 g/mol. The van der Waals surface area contributed by atoms with E-state index in [1.807, 2.05) is 38.2 Å². The first-order valence-corrected chi connectivity index (χ1v) is 6.96. The molecule has 0 aromatic carbocycles.